The lowest BCUT2D eigenvalue weighted by Crippen LogP contribution is -2.41. The Labute approximate surface area is 179 Å². The van der Waals surface area contributed by atoms with E-state index in [2.05, 4.69) is 81.5 Å². The van der Waals surface area contributed by atoms with Crippen LogP contribution in [0.4, 0.5) is 0 Å². The van der Waals surface area contributed by atoms with Crippen LogP contribution >= 0.6 is 23.9 Å². The molecule has 2 aromatic rings. The largest absolute Gasteiger partial charge is 0.383 e. The highest BCUT2D eigenvalue weighted by Gasteiger charge is 2.42. The van der Waals surface area contributed by atoms with Crippen molar-refractivity contribution in [2.75, 3.05) is 26.8 Å². The number of rotatable bonds is 7. The Bertz CT molecular complexity index is 688. The molecule has 1 heterocycles. The van der Waals surface area contributed by atoms with Crippen LogP contribution in [0, 0.1) is 5.92 Å². The second-order valence-corrected chi connectivity index (χ2v) is 11.7. The maximum absolute atomic E-state index is 5.51. The summed E-state index contributed by atoms with van der Waals surface area (Å²) in [5.41, 5.74) is 0.730. The number of hydrogen-bond acceptors (Lipinski definition) is 2. The predicted octanol–water partition coefficient (Wildman–Crippen LogP) is 4.77. The smallest absolute Gasteiger partial charge is 0.0618 e. The van der Waals surface area contributed by atoms with E-state index in [1.807, 2.05) is 7.11 Å². The molecule has 28 heavy (non-hydrogen) atoms. The molecular formula is C24H31BrNOP. The quantitative estimate of drug-likeness (QED) is 0.436. The second kappa shape index (κ2) is 9.85. The summed E-state index contributed by atoms with van der Waals surface area (Å²) in [6, 6.07) is 23.1. The summed E-state index contributed by atoms with van der Waals surface area (Å²) in [4.78, 5) is 3.34. The van der Waals surface area contributed by atoms with E-state index in [9.17, 15) is 0 Å². The normalized spacial score (nSPS) is 28.2. The van der Waals surface area contributed by atoms with E-state index in [4.69, 9.17) is 4.74 Å². The van der Waals surface area contributed by atoms with Gasteiger partial charge in [-0.15, -0.1) is 0 Å². The zero-order valence-corrected chi connectivity index (χ0v) is 19.2. The SMILES string of the molecule is COC[C@@H]1CCCN1CC1C(Br)CCC1P(c1ccccc1)c1ccccc1. The molecule has 1 aliphatic carbocycles. The highest BCUT2D eigenvalue weighted by Crippen LogP contribution is 2.52. The van der Waals surface area contributed by atoms with Gasteiger partial charge in [0.15, 0.2) is 0 Å². The van der Waals surface area contributed by atoms with Gasteiger partial charge in [0, 0.05) is 24.5 Å². The van der Waals surface area contributed by atoms with E-state index in [0.717, 1.165) is 12.3 Å². The Hall–Kier alpha value is -0.730. The van der Waals surface area contributed by atoms with Gasteiger partial charge in [0.25, 0.3) is 0 Å². The zero-order chi connectivity index (χ0) is 19.3. The monoisotopic (exact) mass is 459 g/mol. The minimum absolute atomic E-state index is 0.348. The molecule has 2 nitrogen and oxygen atoms in total. The first-order valence-electron chi connectivity index (χ1n) is 10.5. The molecule has 3 unspecified atom stereocenters. The molecule has 2 fully saturated rings. The number of nitrogens with zero attached hydrogens (tertiary/aromatic N) is 1. The van der Waals surface area contributed by atoms with E-state index in [-0.39, 0.29) is 7.92 Å². The Kier molecular flexibility index (Phi) is 7.22. The maximum atomic E-state index is 5.51. The first-order valence-corrected chi connectivity index (χ1v) is 12.9. The van der Waals surface area contributed by atoms with Gasteiger partial charge in [-0.1, -0.05) is 76.6 Å². The molecule has 4 rings (SSSR count). The molecule has 0 aromatic heterocycles. The highest BCUT2D eigenvalue weighted by molar-refractivity contribution is 9.09. The summed E-state index contributed by atoms with van der Waals surface area (Å²) in [6.07, 6.45) is 5.20. The summed E-state index contributed by atoms with van der Waals surface area (Å²) in [5.74, 6) is 0.698. The van der Waals surface area contributed by atoms with E-state index >= 15 is 0 Å². The van der Waals surface area contributed by atoms with Gasteiger partial charge < -0.3 is 4.74 Å². The van der Waals surface area contributed by atoms with Crippen LogP contribution in [0.15, 0.2) is 60.7 Å². The van der Waals surface area contributed by atoms with Gasteiger partial charge in [-0.2, -0.15) is 0 Å². The Morgan fingerprint density at radius 3 is 2.21 bits per heavy atom. The Balaban J connectivity index is 1.61. The molecule has 1 aliphatic heterocycles. The lowest BCUT2D eigenvalue weighted by molar-refractivity contribution is 0.107. The third kappa shape index (κ3) is 4.54. The fraction of sp³-hybridized carbons (Fsp3) is 0.500. The summed E-state index contributed by atoms with van der Waals surface area (Å²) < 4.78 is 5.51. The average molecular weight is 460 g/mol. The van der Waals surface area contributed by atoms with Crippen molar-refractivity contribution in [1.29, 1.82) is 0 Å². The lowest BCUT2D eigenvalue weighted by atomic mass is 10.1. The molecule has 1 saturated carbocycles. The van der Waals surface area contributed by atoms with Crippen LogP contribution in [0.5, 0.6) is 0 Å². The van der Waals surface area contributed by atoms with Crippen molar-refractivity contribution >= 4 is 34.5 Å². The van der Waals surface area contributed by atoms with Crippen LogP contribution in [0.1, 0.15) is 25.7 Å². The van der Waals surface area contributed by atoms with Crippen molar-refractivity contribution < 1.29 is 4.74 Å². The molecule has 4 atom stereocenters. The number of methoxy groups -OCH3 is 1. The summed E-state index contributed by atoms with van der Waals surface area (Å²) in [7, 11) is 1.49. The third-order valence-corrected chi connectivity index (χ3v) is 10.6. The van der Waals surface area contributed by atoms with Crippen molar-refractivity contribution in [3.63, 3.8) is 0 Å². The van der Waals surface area contributed by atoms with E-state index in [1.54, 1.807) is 0 Å². The molecule has 2 aromatic carbocycles. The fourth-order valence-corrected chi connectivity index (χ4v) is 9.23. The molecule has 0 spiro atoms. The zero-order valence-electron chi connectivity index (χ0n) is 16.7. The molecule has 4 heteroatoms. The van der Waals surface area contributed by atoms with Gasteiger partial charge >= 0.3 is 0 Å². The van der Waals surface area contributed by atoms with Crippen molar-refractivity contribution in [2.24, 2.45) is 5.92 Å². The van der Waals surface area contributed by atoms with Gasteiger partial charge in [-0.05, 0) is 62.3 Å². The number of hydrogen-bond donors (Lipinski definition) is 0. The molecule has 0 bridgehead atoms. The summed E-state index contributed by atoms with van der Waals surface area (Å²) in [5, 5.41) is 3.05. The van der Waals surface area contributed by atoms with Gasteiger partial charge in [0.05, 0.1) is 6.61 Å². The first kappa shape index (κ1) is 20.5. The predicted molar refractivity (Wildman–Crippen MR) is 125 cm³/mol. The summed E-state index contributed by atoms with van der Waals surface area (Å²) >= 11 is 4.08. The third-order valence-electron chi connectivity index (χ3n) is 6.40. The topological polar surface area (TPSA) is 12.5 Å². The van der Waals surface area contributed by atoms with Gasteiger partial charge in [0.2, 0.25) is 0 Å². The minimum atomic E-state index is -0.348. The fourth-order valence-electron chi connectivity index (χ4n) is 5.05. The number of ether oxygens (including phenoxy) is 1. The maximum Gasteiger partial charge on any atom is 0.0618 e. The van der Waals surface area contributed by atoms with Gasteiger partial charge in [0.1, 0.15) is 0 Å². The average Bonchev–Trinajstić information content (AvgIpc) is 3.32. The standard InChI is InChI=1S/C24H31BrNOP/c1-27-18-19-9-8-16-26(19)17-22-23(25)14-15-24(22)28(20-10-4-2-5-11-20)21-12-6-3-7-13-21/h2-7,10-13,19,22-24H,8-9,14-18H2,1H3/t19-,22?,23?,24?/m0/s1. The minimum Gasteiger partial charge on any atom is -0.383 e. The molecule has 0 amide bonds. The van der Waals surface area contributed by atoms with Crippen LogP contribution < -0.4 is 10.6 Å². The molecule has 0 N–H and O–H groups in total. The van der Waals surface area contributed by atoms with E-state index in [1.165, 1.54) is 49.4 Å². The molecule has 1 saturated heterocycles. The first-order chi connectivity index (χ1) is 13.8. The van der Waals surface area contributed by atoms with Crippen molar-refractivity contribution in [2.45, 2.75) is 42.2 Å². The lowest BCUT2D eigenvalue weighted by Gasteiger charge is -2.35. The van der Waals surface area contributed by atoms with Crippen LogP contribution in [-0.4, -0.2) is 48.2 Å². The van der Waals surface area contributed by atoms with Crippen LogP contribution in [0.2, 0.25) is 0 Å². The number of likely N-dealkylation sites (tertiary alicyclic amines) is 1. The Morgan fingerprint density at radius 1 is 0.964 bits per heavy atom. The molecule has 150 valence electrons. The van der Waals surface area contributed by atoms with Gasteiger partial charge in [-0.3, -0.25) is 4.90 Å². The Morgan fingerprint density at radius 2 is 1.61 bits per heavy atom. The van der Waals surface area contributed by atoms with Crippen LogP contribution in [-0.2, 0) is 4.74 Å². The van der Waals surface area contributed by atoms with Crippen molar-refractivity contribution in [3.8, 4) is 0 Å². The van der Waals surface area contributed by atoms with Crippen LogP contribution in [0.3, 0.4) is 0 Å². The van der Waals surface area contributed by atoms with Gasteiger partial charge in [-0.25, -0.2) is 0 Å². The van der Waals surface area contributed by atoms with Crippen molar-refractivity contribution in [1.82, 2.24) is 4.90 Å². The van der Waals surface area contributed by atoms with Crippen LogP contribution in [0.25, 0.3) is 0 Å². The summed E-state index contributed by atoms with van der Waals surface area (Å²) in [6.45, 7) is 3.30. The molecule has 2 aliphatic rings. The molecular weight excluding hydrogens is 429 g/mol. The number of benzene rings is 2. The highest BCUT2D eigenvalue weighted by atomic mass is 79.9. The second-order valence-electron chi connectivity index (χ2n) is 8.11. The molecule has 0 radical (unpaired) electrons. The van der Waals surface area contributed by atoms with E-state index in [0.29, 0.717) is 16.8 Å². The van der Waals surface area contributed by atoms with Crippen molar-refractivity contribution in [3.05, 3.63) is 60.7 Å². The number of alkyl halides is 1. The number of halogens is 1. The van der Waals surface area contributed by atoms with E-state index < -0.39 is 0 Å².